The Balaban J connectivity index is 2.55. The number of nitrogen functional groups attached to an aromatic ring is 1. The standard InChI is InChI=1S/C12H10N2S2/c1-15-10-5-3-2-4-8(10)11-6-9(14)12(7-13)16-11/h2-6H,14H2,1H3. The van der Waals surface area contributed by atoms with Crippen LogP contribution in [0, 0.1) is 11.3 Å². The van der Waals surface area contributed by atoms with Crippen molar-refractivity contribution in [1.82, 2.24) is 0 Å². The summed E-state index contributed by atoms with van der Waals surface area (Å²) in [6.45, 7) is 0. The average molecular weight is 246 g/mol. The summed E-state index contributed by atoms with van der Waals surface area (Å²) in [6.07, 6.45) is 2.04. The highest BCUT2D eigenvalue weighted by Gasteiger charge is 2.10. The second-order valence-electron chi connectivity index (χ2n) is 3.21. The number of benzene rings is 1. The van der Waals surface area contributed by atoms with E-state index in [0.717, 1.165) is 10.4 Å². The normalized spacial score (nSPS) is 10.0. The van der Waals surface area contributed by atoms with Crippen molar-refractivity contribution in [2.45, 2.75) is 4.90 Å². The second-order valence-corrected chi connectivity index (χ2v) is 5.11. The summed E-state index contributed by atoms with van der Waals surface area (Å²) in [6, 6.07) is 12.1. The van der Waals surface area contributed by atoms with Gasteiger partial charge in [-0.15, -0.1) is 23.1 Å². The molecule has 2 rings (SSSR count). The molecule has 0 saturated heterocycles. The Morgan fingerprint density at radius 3 is 2.75 bits per heavy atom. The molecule has 80 valence electrons. The van der Waals surface area contributed by atoms with Crippen molar-refractivity contribution < 1.29 is 0 Å². The first-order valence-electron chi connectivity index (χ1n) is 4.69. The molecule has 2 N–H and O–H groups in total. The molecule has 16 heavy (non-hydrogen) atoms. The molecule has 0 saturated carbocycles. The van der Waals surface area contributed by atoms with Gasteiger partial charge in [-0.05, 0) is 18.4 Å². The molecule has 0 radical (unpaired) electrons. The summed E-state index contributed by atoms with van der Waals surface area (Å²) in [4.78, 5) is 2.85. The highest BCUT2D eigenvalue weighted by Crippen LogP contribution is 2.37. The van der Waals surface area contributed by atoms with Crippen molar-refractivity contribution in [2.24, 2.45) is 0 Å². The quantitative estimate of drug-likeness (QED) is 0.824. The number of thioether (sulfide) groups is 1. The van der Waals surface area contributed by atoms with Crippen molar-refractivity contribution in [3.63, 3.8) is 0 Å². The Labute approximate surface area is 103 Å². The minimum atomic E-state index is 0.568. The predicted octanol–water partition coefficient (Wildman–Crippen LogP) is 3.59. The van der Waals surface area contributed by atoms with Crippen molar-refractivity contribution in [3.05, 3.63) is 35.2 Å². The first kappa shape index (κ1) is 11.1. The van der Waals surface area contributed by atoms with E-state index in [-0.39, 0.29) is 0 Å². The van der Waals surface area contributed by atoms with E-state index in [4.69, 9.17) is 11.0 Å². The van der Waals surface area contributed by atoms with Gasteiger partial charge in [-0.2, -0.15) is 5.26 Å². The lowest BCUT2D eigenvalue weighted by Gasteiger charge is -2.03. The number of nitriles is 1. The van der Waals surface area contributed by atoms with E-state index in [9.17, 15) is 0 Å². The highest BCUT2D eigenvalue weighted by atomic mass is 32.2. The number of hydrogen-bond acceptors (Lipinski definition) is 4. The molecule has 0 aliphatic heterocycles. The maximum absolute atomic E-state index is 8.88. The molecule has 0 atom stereocenters. The highest BCUT2D eigenvalue weighted by molar-refractivity contribution is 7.98. The van der Waals surface area contributed by atoms with Crippen molar-refractivity contribution in [2.75, 3.05) is 12.0 Å². The van der Waals surface area contributed by atoms with Crippen LogP contribution >= 0.6 is 23.1 Å². The molecule has 1 aromatic heterocycles. The summed E-state index contributed by atoms with van der Waals surface area (Å²) < 4.78 is 0. The van der Waals surface area contributed by atoms with Crippen LogP contribution in [0.5, 0.6) is 0 Å². The molecule has 1 heterocycles. The number of rotatable bonds is 2. The number of thiophene rings is 1. The van der Waals surface area contributed by atoms with Crippen LogP contribution < -0.4 is 5.73 Å². The summed E-state index contributed by atoms with van der Waals surface area (Å²) in [5.74, 6) is 0. The van der Waals surface area contributed by atoms with Gasteiger partial charge < -0.3 is 5.73 Å². The summed E-state index contributed by atoms with van der Waals surface area (Å²) in [5.41, 5.74) is 7.48. The second kappa shape index (κ2) is 4.60. The largest absolute Gasteiger partial charge is 0.397 e. The fraction of sp³-hybridized carbons (Fsp3) is 0.0833. The van der Waals surface area contributed by atoms with Crippen LogP contribution in [0.3, 0.4) is 0 Å². The fourth-order valence-electron chi connectivity index (χ4n) is 1.47. The van der Waals surface area contributed by atoms with Gasteiger partial charge in [-0.25, -0.2) is 0 Å². The van der Waals surface area contributed by atoms with Crippen LogP contribution in [-0.4, -0.2) is 6.26 Å². The third kappa shape index (κ3) is 1.92. The molecule has 0 fully saturated rings. The van der Waals surface area contributed by atoms with E-state index < -0.39 is 0 Å². The molecule has 0 spiro atoms. The van der Waals surface area contributed by atoms with Gasteiger partial charge in [-0.1, -0.05) is 18.2 Å². The van der Waals surface area contributed by atoms with Crippen LogP contribution in [0.2, 0.25) is 0 Å². The Hall–Kier alpha value is -1.44. The zero-order valence-electron chi connectivity index (χ0n) is 8.73. The average Bonchev–Trinajstić information content (AvgIpc) is 2.70. The number of nitrogens with zero attached hydrogens (tertiary/aromatic N) is 1. The monoisotopic (exact) mass is 246 g/mol. The van der Waals surface area contributed by atoms with Crippen LogP contribution in [0.25, 0.3) is 10.4 Å². The van der Waals surface area contributed by atoms with Gasteiger partial charge in [0.1, 0.15) is 10.9 Å². The molecule has 0 unspecified atom stereocenters. The number of anilines is 1. The lowest BCUT2D eigenvalue weighted by atomic mass is 10.2. The van der Waals surface area contributed by atoms with Crippen LogP contribution in [0.4, 0.5) is 5.69 Å². The van der Waals surface area contributed by atoms with Gasteiger partial charge in [-0.3, -0.25) is 0 Å². The predicted molar refractivity (Wildman–Crippen MR) is 70.7 cm³/mol. The van der Waals surface area contributed by atoms with E-state index in [1.807, 2.05) is 24.5 Å². The van der Waals surface area contributed by atoms with E-state index in [0.29, 0.717) is 10.6 Å². The third-order valence-electron chi connectivity index (χ3n) is 2.23. The first-order chi connectivity index (χ1) is 7.76. The smallest absolute Gasteiger partial charge is 0.128 e. The molecule has 0 bridgehead atoms. The Morgan fingerprint density at radius 1 is 1.38 bits per heavy atom. The van der Waals surface area contributed by atoms with Gasteiger partial charge in [0.2, 0.25) is 0 Å². The minimum Gasteiger partial charge on any atom is -0.397 e. The van der Waals surface area contributed by atoms with Gasteiger partial charge in [0.15, 0.2) is 0 Å². The number of hydrogen-bond donors (Lipinski definition) is 1. The maximum atomic E-state index is 8.88. The third-order valence-corrected chi connectivity index (χ3v) is 4.12. The minimum absolute atomic E-state index is 0.568. The van der Waals surface area contributed by atoms with Crippen molar-refractivity contribution >= 4 is 28.8 Å². The van der Waals surface area contributed by atoms with Gasteiger partial charge in [0, 0.05) is 15.3 Å². The van der Waals surface area contributed by atoms with E-state index in [1.165, 1.54) is 16.2 Å². The molecule has 4 heteroatoms. The molecule has 0 aliphatic rings. The summed E-state index contributed by atoms with van der Waals surface area (Å²) in [5, 5.41) is 8.88. The van der Waals surface area contributed by atoms with Crippen LogP contribution in [0.15, 0.2) is 35.2 Å². The van der Waals surface area contributed by atoms with Gasteiger partial charge in [0.05, 0.1) is 5.69 Å². The van der Waals surface area contributed by atoms with Crippen LogP contribution in [-0.2, 0) is 0 Å². The van der Waals surface area contributed by atoms with E-state index in [2.05, 4.69) is 18.2 Å². The SMILES string of the molecule is CSc1ccccc1-c1cc(N)c(C#N)s1. The summed E-state index contributed by atoms with van der Waals surface area (Å²) in [7, 11) is 0. The molecule has 0 aliphatic carbocycles. The zero-order valence-corrected chi connectivity index (χ0v) is 10.4. The molecular formula is C12H10N2S2. The molecular weight excluding hydrogens is 236 g/mol. The van der Waals surface area contributed by atoms with E-state index >= 15 is 0 Å². The van der Waals surface area contributed by atoms with Crippen molar-refractivity contribution in [3.8, 4) is 16.5 Å². The fourth-order valence-corrected chi connectivity index (χ4v) is 3.07. The lowest BCUT2D eigenvalue weighted by Crippen LogP contribution is -1.82. The lowest BCUT2D eigenvalue weighted by molar-refractivity contribution is 1.47. The molecule has 1 aromatic carbocycles. The van der Waals surface area contributed by atoms with Crippen LogP contribution in [0.1, 0.15) is 4.88 Å². The summed E-state index contributed by atoms with van der Waals surface area (Å²) >= 11 is 3.14. The molecule has 2 aromatic rings. The Kier molecular flexibility index (Phi) is 3.18. The molecule has 2 nitrogen and oxygen atoms in total. The Bertz CT molecular complexity index is 552. The zero-order chi connectivity index (χ0) is 11.5. The maximum Gasteiger partial charge on any atom is 0.128 e. The van der Waals surface area contributed by atoms with E-state index in [1.54, 1.807) is 11.8 Å². The topological polar surface area (TPSA) is 49.8 Å². The van der Waals surface area contributed by atoms with Gasteiger partial charge in [0.25, 0.3) is 0 Å². The van der Waals surface area contributed by atoms with Gasteiger partial charge >= 0.3 is 0 Å². The Morgan fingerprint density at radius 2 is 2.12 bits per heavy atom. The number of nitrogens with two attached hydrogens (primary N) is 1. The van der Waals surface area contributed by atoms with Crippen molar-refractivity contribution in [1.29, 1.82) is 5.26 Å². The molecule has 0 amide bonds. The first-order valence-corrected chi connectivity index (χ1v) is 6.73.